The third kappa shape index (κ3) is 2.00. The van der Waals surface area contributed by atoms with Crippen LogP contribution in [-0.4, -0.2) is 35.6 Å². The molecule has 0 spiro atoms. The number of carbonyl (C=O) groups is 1. The molecule has 1 aromatic heterocycles. The Morgan fingerprint density at radius 2 is 2.41 bits per heavy atom. The van der Waals surface area contributed by atoms with Crippen LogP contribution in [0.25, 0.3) is 0 Å². The van der Waals surface area contributed by atoms with E-state index in [4.69, 9.17) is 5.11 Å². The van der Waals surface area contributed by atoms with E-state index in [0.29, 0.717) is 0 Å². The fourth-order valence-electron chi connectivity index (χ4n) is 2.76. The summed E-state index contributed by atoms with van der Waals surface area (Å²) in [7, 11) is 0. The highest BCUT2D eigenvalue weighted by Crippen LogP contribution is 2.32. The molecule has 1 aromatic rings. The molecule has 0 bridgehead atoms. The topological polar surface area (TPSA) is 40.5 Å². The lowest BCUT2D eigenvalue weighted by molar-refractivity contribution is 0.0786. The molecule has 1 aliphatic heterocycles. The Bertz CT molecular complexity index is 419. The molecule has 1 aliphatic carbocycles. The van der Waals surface area contributed by atoms with Gasteiger partial charge in [-0.2, -0.15) is 0 Å². The van der Waals surface area contributed by atoms with Crippen molar-refractivity contribution in [2.24, 2.45) is 5.92 Å². The first-order valence-corrected chi connectivity index (χ1v) is 7.11. The summed E-state index contributed by atoms with van der Waals surface area (Å²) >= 11 is 1.67. The second-order valence-electron chi connectivity index (χ2n) is 5.00. The van der Waals surface area contributed by atoms with Gasteiger partial charge in [0.1, 0.15) is 0 Å². The van der Waals surface area contributed by atoms with Gasteiger partial charge in [0.2, 0.25) is 0 Å². The molecule has 4 heteroatoms. The number of aryl methyl sites for hydroxylation is 2. The maximum absolute atomic E-state index is 12.3. The molecule has 0 saturated carbocycles. The highest BCUT2D eigenvalue weighted by molar-refractivity contribution is 7.14. The summed E-state index contributed by atoms with van der Waals surface area (Å²) < 4.78 is 0. The summed E-state index contributed by atoms with van der Waals surface area (Å²) in [5.41, 5.74) is 1.39. The third-order valence-electron chi connectivity index (χ3n) is 3.79. The van der Waals surface area contributed by atoms with E-state index in [2.05, 4.69) is 6.07 Å². The SMILES string of the molecule is O=C(c1cc2c(s1)CCC2)N1CCC(CO)C1. The van der Waals surface area contributed by atoms with Gasteiger partial charge in [0, 0.05) is 30.5 Å². The van der Waals surface area contributed by atoms with E-state index in [1.165, 1.54) is 16.9 Å². The molecule has 3 rings (SSSR count). The van der Waals surface area contributed by atoms with Gasteiger partial charge < -0.3 is 10.0 Å². The van der Waals surface area contributed by atoms with E-state index >= 15 is 0 Å². The minimum absolute atomic E-state index is 0.167. The second kappa shape index (κ2) is 4.42. The summed E-state index contributed by atoms with van der Waals surface area (Å²) in [5.74, 6) is 0.450. The normalized spacial score (nSPS) is 23.1. The maximum Gasteiger partial charge on any atom is 0.263 e. The summed E-state index contributed by atoms with van der Waals surface area (Å²) in [6.07, 6.45) is 4.46. The number of thiophene rings is 1. The number of likely N-dealkylation sites (tertiary alicyclic amines) is 1. The predicted molar refractivity (Wildman–Crippen MR) is 67.4 cm³/mol. The molecule has 3 nitrogen and oxygen atoms in total. The summed E-state index contributed by atoms with van der Waals surface area (Å²) in [4.78, 5) is 16.5. The molecular weight excluding hydrogens is 234 g/mol. The number of amides is 1. The summed E-state index contributed by atoms with van der Waals surface area (Å²) in [6.45, 7) is 1.72. The number of fused-ring (bicyclic) bond motifs is 1. The van der Waals surface area contributed by atoms with E-state index in [-0.39, 0.29) is 18.4 Å². The first-order chi connectivity index (χ1) is 8.28. The van der Waals surface area contributed by atoms with Crippen molar-refractivity contribution in [2.75, 3.05) is 19.7 Å². The van der Waals surface area contributed by atoms with Crippen LogP contribution in [0.15, 0.2) is 6.07 Å². The number of aliphatic hydroxyl groups is 1. The van der Waals surface area contributed by atoms with Crippen molar-refractivity contribution >= 4 is 17.2 Å². The molecule has 1 amide bonds. The van der Waals surface area contributed by atoms with Gasteiger partial charge in [-0.1, -0.05) is 0 Å². The number of hydrogen-bond acceptors (Lipinski definition) is 3. The first-order valence-electron chi connectivity index (χ1n) is 6.29. The molecule has 0 aromatic carbocycles. The van der Waals surface area contributed by atoms with E-state index < -0.39 is 0 Å². The highest BCUT2D eigenvalue weighted by atomic mass is 32.1. The number of hydrogen-bond donors (Lipinski definition) is 1. The molecular formula is C13H17NO2S. The van der Waals surface area contributed by atoms with Crippen LogP contribution in [0.3, 0.4) is 0 Å². The van der Waals surface area contributed by atoms with Crippen LogP contribution in [0.1, 0.15) is 33.0 Å². The predicted octanol–water partition coefficient (Wildman–Crippen LogP) is 1.69. The van der Waals surface area contributed by atoms with Crippen molar-refractivity contribution in [1.82, 2.24) is 4.90 Å². The Labute approximate surface area is 105 Å². The summed E-state index contributed by atoms with van der Waals surface area (Å²) in [5, 5.41) is 9.10. The van der Waals surface area contributed by atoms with Crippen molar-refractivity contribution in [2.45, 2.75) is 25.7 Å². The van der Waals surface area contributed by atoms with Crippen LogP contribution in [0.5, 0.6) is 0 Å². The zero-order valence-corrected chi connectivity index (χ0v) is 10.6. The molecule has 1 atom stereocenters. The Morgan fingerprint density at radius 1 is 1.53 bits per heavy atom. The third-order valence-corrected chi connectivity index (χ3v) is 5.01. The first kappa shape index (κ1) is 11.2. The minimum Gasteiger partial charge on any atom is -0.396 e. The molecule has 2 heterocycles. The molecule has 1 N–H and O–H groups in total. The van der Waals surface area contributed by atoms with Crippen LogP contribution in [-0.2, 0) is 12.8 Å². The molecule has 0 radical (unpaired) electrons. The van der Waals surface area contributed by atoms with Gasteiger partial charge in [0.05, 0.1) is 4.88 Å². The Hall–Kier alpha value is -0.870. The van der Waals surface area contributed by atoms with Gasteiger partial charge in [0.25, 0.3) is 5.91 Å². The van der Waals surface area contributed by atoms with Crippen molar-refractivity contribution in [3.8, 4) is 0 Å². The quantitative estimate of drug-likeness (QED) is 0.869. The highest BCUT2D eigenvalue weighted by Gasteiger charge is 2.28. The molecule has 92 valence electrons. The van der Waals surface area contributed by atoms with Gasteiger partial charge in [-0.25, -0.2) is 0 Å². The molecule has 1 unspecified atom stereocenters. The minimum atomic E-state index is 0.167. The lowest BCUT2D eigenvalue weighted by Crippen LogP contribution is -2.28. The van der Waals surface area contributed by atoms with Crippen molar-refractivity contribution in [3.05, 3.63) is 21.4 Å². The smallest absolute Gasteiger partial charge is 0.263 e. The van der Waals surface area contributed by atoms with E-state index in [0.717, 1.165) is 37.2 Å². The fourth-order valence-corrected chi connectivity index (χ4v) is 3.98. The summed E-state index contributed by atoms with van der Waals surface area (Å²) in [6, 6.07) is 2.08. The van der Waals surface area contributed by atoms with Gasteiger partial charge in [-0.05, 0) is 37.3 Å². The van der Waals surface area contributed by atoms with E-state index in [1.807, 2.05) is 4.90 Å². The van der Waals surface area contributed by atoms with Crippen molar-refractivity contribution < 1.29 is 9.90 Å². The van der Waals surface area contributed by atoms with Gasteiger partial charge in [0.15, 0.2) is 0 Å². The van der Waals surface area contributed by atoms with Gasteiger partial charge in [-0.15, -0.1) is 11.3 Å². The molecule has 1 fully saturated rings. The van der Waals surface area contributed by atoms with Gasteiger partial charge >= 0.3 is 0 Å². The monoisotopic (exact) mass is 251 g/mol. The number of nitrogens with zero attached hydrogens (tertiary/aromatic N) is 1. The average molecular weight is 251 g/mol. The average Bonchev–Trinajstić information content (AvgIpc) is 3.02. The van der Waals surface area contributed by atoms with Crippen molar-refractivity contribution in [1.29, 1.82) is 0 Å². The van der Waals surface area contributed by atoms with Crippen molar-refractivity contribution in [3.63, 3.8) is 0 Å². The Kier molecular flexibility index (Phi) is 2.92. The molecule has 17 heavy (non-hydrogen) atoms. The fraction of sp³-hybridized carbons (Fsp3) is 0.615. The van der Waals surface area contributed by atoms with Crippen LogP contribution >= 0.6 is 11.3 Å². The van der Waals surface area contributed by atoms with E-state index in [1.54, 1.807) is 11.3 Å². The largest absolute Gasteiger partial charge is 0.396 e. The van der Waals surface area contributed by atoms with Crippen LogP contribution in [0.4, 0.5) is 0 Å². The van der Waals surface area contributed by atoms with Crippen LogP contribution in [0.2, 0.25) is 0 Å². The Balaban J connectivity index is 1.73. The zero-order chi connectivity index (χ0) is 11.8. The standard InChI is InChI=1S/C13H17NO2S/c15-8-9-4-5-14(7-9)13(16)12-6-10-2-1-3-11(10)17-12/h6,9,15H,1-5,7-8H2. The molecule has 2 aliphatic rings. The lowest BCUT2D eigenvalue weighted by atomic mass is 10.1. The van der Waals surface area contributed by atoms with Crippen LogP contribution < -0.4 is 0 Å². The second-order valence-corrected chi connectivity index (χ2v) is 6.14. The zero-order valence-electron chi connectivity index (χ0n) is 9.82. The van der Waals surface area contributed by atoms with Crippen LogP contribution in [0, 0.1) is 5.92 Å². The number of aliphatic hydroxyl groups excluding tert-OH is 1. The maximum atomic E-state index is 12.3. The number of rotatable bonds is 2. The van der Waals surface area contributed by atoms with E-state index in [9.17, 15) is 4.79 Å². The van der Waals surface area contributed by atoms with Gasteiger partial charge in [-0.3, -0.25) is 4.79 Å². The molecule has 1 saturated heterocycles. The lowest BCUT2D eigenvalue weighted by Gasteiger charge is -2.14. The number of carbonyl (C=O) groups excluding carboxylic acids is 1. The Morgan fingerprint density at radius 3 is 3.12 bits per heavy atom.